The number of hydrogen-bond acceptors (Lipinski definition) is 8. The zero-order chi connectivity index (χ0) is 38.1. The number of Topliss-reactive ketones (excluding diaryl/α,β-unsaturated/α-hetero) is 1. The molecule has 4 aromatic rings. The summed E-state index contributed by atoms with van der Waals surface area (Å²) in [5.74, 6) is -7.13. The van der Waals surface area contributed by atoms with Crippen LogP contribution in [0.25, 0.3) is 0 Å². The summed E-state index contributed by atoms with van der Waals surface area (Å²) in [5.41, 5.74) is 3.73. The summed E-state index contributed by atoms with van der Waals surface area (Å²) in [5, 5.41) is 13.3. The van der Waals surface area contributed by atoms with Crippen molar-refractivity contribution in [3.8, 4) is 11.5 Å². The molecule has 3 fully saturated rings. The summed E-state index contributed by atoms with van der Waals surface area (Å²) in [6, 6.07) is 23.2. The Morgan fingerprint density at radius 1 is 0.926 bits per heavy atom. The highest BCUT2D eigenvalue weighted by atomic mass is 35.5. The normalized spacial score (nSPS) is 25.9. The first-order valence-electron chi connectivity index (χ1n) is 17.8. The van der Waals surface area contributed by atoms with E-state index in [0.717, 1.165) is 9.91 Å². The van der Waals surface area contributed by atoms with E-state index in [9.17, 15) is 28.7 Å². The second-order valence-electron chi connectivity index (χ2n) is 14.1. The van der Waals surface area contributed by atoms with Crippen molar-refractivity contribution in [2.75, 3.05) is 16.9 Å². The Kier molecular flexibility index (Phi) is 8.64. The molecular weight excluding hydrogens is 713 g/mol. The number of para-hydroxylation sites is 1. The number of rotatable bonds is 8. The number of nitrogens with zero attached hydrogens (tertiary/aromatic N) is 2. The Morgan fingerprint density at radius 2 is 1.63 bits per heavy atom. The van der Waals surface area contributed by atoms with Crippen molar-refractivity contribution in [2.24, 2.45) is 23.7 Å². The molecule has 2 aliphatic carbocycles. The molecular formula is C42H35ClFN3O7. The van der Waals surface area contributed by atoms with Crippen LogP contribution in [0.3, 0.4) is 0 Å². The van der Waals surface area contributed by atoms with Gasteiger partial charge in [0.15, 0.2) is 17.3 Å². The van der Waals surface area contributed by atoms with Crippen LogP contribution >= 0.6 is 11.6 Å². The van der Waals surface area contributed by atoms with E-state index in [1.54, 1.807) is 73.7 Å². The second-order valence-corrected chi connectivity index (χ2v) is 14.6. The number of fused-ring (bicyclic) bond motifs is 4. The summed E-state index contributed by atoms with van der Waals surface area (Å²) in [6.45, 7) is 3.45. The van der Waals surface area contributed by atoms with Gasteiger partial charge in [-0.1, -0.05) is 47.5 Å². The van der Waals surface area contributed by atoms with Crippen molar-refractivity contribution in [1.82, 2.24) is 5.01 Å². The predicted octanol–water partition coefficient (Wildman–Crippen LogP) is 6.98. The van der Waals surface area contributed by atoms with Crippen molar-refractivity contribution in [3.05, 3.63) is 130 Å². The van der Waals surface area contributed by atoms with Crippen molar-refractivity contribution in [1.29, 1.82) is 0 Å². The number of aromatic hydroxyl groups is 1. The maximum atomic E-state index is 15.3. The first kappa shape index (κ1) is 35.2. The van der Waals surface area contributed by atoms with E-state index >= 15 is 4.79 Å². The van der Waals surface area contributed by atoms with Gasteiger partial charge in [-0.15, -0.1) is 0 Å². The highest BCUT2D eigenvalue weighted by Crippen LogP contribution is 2.65. The smallest absolute Gasteiger partial charge is 0.260 e. The lowest BCUT2D eigenvalue weighted by atomic mass is 9.49. The average molecular weight is 748 g/mol. The quantitative estimate of drug-likeness (QED) is 0.112. The molecule has 1 saturated carbocycles. The van der Waals surface area contributed by atoms with E-state index < -0.39 is 64.5 Å². The molecule has 2 heterocycles. The number of imide groups is 2. The number of hydrogen-bond donors (Lipinski definition) is 2. The number of benzene rings is 4. The van der Waals surface area contributed by atoms with Crippen LogP contribution in [0.2, 0.25) is 5.02 Å². The molecule has 0 aromatic heterocycles. The maximum absolute atomic E-state index is 15.3. The van der Waals surface area contributed by atoms with Crippen molar-refractivity contribution >= 4 is 52.4 Å². The van der Waals surface area contributed by atoms with E-state index in [2.05, 4.69) is 5.43 Å². The first-order valence-corrected chi connectivity index (χ1v) is 18.1. The minimum Gasteiger partial charge on any atom is -0.504 e. The summed E-state index contributed by atoms with van der Waals surface area (Å²) < 4.78 is 19.7. The van der Waals surface area contributed by atoms with Crippen molar-refractivity contribution in [3.63, 3.8) is 0 Å². The Bertz CT molecular complexity index is 2260. The molecule has 2 aliphatic heterocycles. The summed E-state index contributed by atoms with van der Waals surface area (Å²) in [6.07, 6.45) is 2.09. The molecule has 4 amide bonds. The predicted molar refractivity (Wildman–Crippen MR) is 197 cm³/mol. The Hall–Kier alpha value is -5.81. The van der Waals surface area contributed by atoms with Crippen LogP contribution in [0.15, 0.2) is 103 Å². The van der Waals surface area contributed by atoms with Gasteiger partial charge in [0, 0.05) is 22.1 Å². The van der Waals surface area contributed by atoms with Crippen LogP contribution in [0.4, 0.5) is 15.8 Å². The number of carbonyl (C=O) groups excluding carboxylic acids is 5. The Balaban J connectivity index is 1.32. The minimum atomic E-state index is -1.67. The molecule has 274 valence electrons. The number of hydrazine groups is 1. The number of halogens is 2. The molecule has 54 heavy (non-hydrogen) atoms. The fourth-order valence-corrected chi connectivity index (χ4v) is 9.27. The van der Waals surface area contributed by atoms with Crippen molar-refractivity contribution in [2.45, 2.75) is 38.0 Å². The number of allylic oxidation sites excluding steroid dienone is 2. The van der Waals surface area contributed by atoms with Gasteiger partial charge in [0.05, 0.1) is 41.2 Å². The van der Waals surface area contributed by atoms with E-state index in [1.165, 1.54) is 31.2 Å². The fraction of sp³-hybridized carbons (Fsp3) is 0.262. The highest BCUT2D eigenvalue weighted by molar-refractivity contribution is 6.30. The topological polar surface area (TPSA) is 133 Å². The van der Waals surface area contributed by atoms with Gasteiger partial charge in [-0.05, 0) is 105 Å². The number of ether oxygens (including phenoxy) is 1. The minimum absolute atomic E-state index is 0.0281. The van der Waals surface area contributed by atoms with E-state index in [1.807, 2.05) is 6.08 Å². The standard InChI is InChI=1S/C42H35ClFN3O7/c1-3-54-34-6-4-5-31(37(34)49)36-29-19-20-30-35(40(52)46(38(30)50)28-17-7-23(8-18-28)22(2)48)32(29)21-33-39(51)47(45-27-15-13-26(44)14-16-27)41(53)42(33,36)24-9-11-25(43)12-10-24/h4-19,30,32-33,35-36,45,49H,3,20-21H2,1-2H3. The number of anilines is 2. The average Bonchev–Trinajstić information content (AvgIpc) is 3.54. The van der Waals surface area contributed by atoms with Gasteiger partial charge in [0.25, 0.3) is 11.8 Å². The Morgan fingerprint density at radius 3 is 2.30 bits per heavy atom. The molecule has 0 radical (unpaired) electrons. The fourth-order valence-electron chi connectivity index (χ4n) is 9.14. The first-order chi connectivity index (χ1) is 26.0. The molecule has 4 aliphatic rings. The van der Waals surface area contributed by atoms with E-state index in [4.69, 9.17) is 16.3 Å². The third-order valence-electron chi connectivity index (χ3n) is 11.4. The molecule has 0 spiro atoms. The third-order valence-corrected chi connectivity index (χ3v) is 11.7. The SMILES string of the molecule is CCOc1cccc(C2C3=CCC4C(=O)N(c5ccc(C(C)=O)cc5)C(=O)C4C3CC3C(=O)N(Nc4ccc(F)cc4)C(=O)C32c2ccc(Cl)cc2)c1O. The molecule has 0 bridgehead atoms. The van der Waals surface area contributed by atoms with Crippen LogP contribution in [0, 0.1) is 29.5 Å². The molecule has 10 nitrogen and oxygen atoms in total. The van der Waals surface area contributed by atoms with Crippen LogP contribution in [0.5, 0.6) is 11.5 Å². The molecule has 4 aromatic carbocycles. The third kappa shape index (κ3) is 5.24. The van der Waals surface area contributed by atoms with Gasteiger partial charge in [-0.3, -0.25) is 34.3 Å². The molecule has 8 rings (SSSR count). The molecule has 2 N–H and O–H groups in total. The number of nitrogens with one attached hydrogen (secondary N) is 1. The zero-order valence-corrected chi connectivity index (χ0v) is 30.0. The van der Waals surface area contributed by atoms with Crippen molar-refractivity contribution < 1.29 is 38.2 Å². The lowest BCUT2D eigenvalue weighted by Gasteiger charge is -2.50. The highest BCUT2D eigenvalue weighted by Gasteiger charge is 2.70. The monoisotopic (exact) mass is 747 g/mol. The van der Waals surface area contributed by atoms with Crippen LogP contribution in [0.1, 0.15) is 54.1 Å². The molecule has 6 atom stereocenters. The number of carbonyl (C=O) groups is 5. The lowest BCUT2D eigenvalue weighted by Crippen LogP contribution is -2.53. The second kappa shape index (κ2) is 13.2. The van der Waals surface area contributed by atoms with Gasteiger partial charge < -0.3 is 9.84 Å². The molecule has 2 saturated heterocycles. The summed E-state index contributed by atoms with van der Waals surface area (Å²) in [7, 11) is 0. The van der Waals surface area contributed by atoms with Gasteiger partial charge in [-0.2, -0.15) is 5.01 Å². The number of phenols is 1. The number of phenolic OH excluding ortho intramolecular Hbond substituents is 1. The van der Waals surface area contributed by atoms with E-state index in [0.29, 0.717) is 38.7 Å². The Labute approximate surface area is 315 Å². The van der Waals surface area contributed by atoms with Crippen LogP contribution < -0.4 is 15.1 Å². The van der Waals surface area contributed by atoms with Crippen LogP contribution in [-0.2, 0) is 24.6 Å². The van der Waals surface area contributed by atoms with Gasteiger partial charge in [0.1, 0.15) is 5.82 Å². The van der Waals surface area contributed by atoms with Gasteiger partial charge >= 0.3 is 0 Å². The molecule has 6 unspecified atom stereocenters. The van der Waals surface area contributed by atoms with E-state index in [-0.39, 0.29) is 36.7 Å². The van der Waals surface area contributed by atoms with Crippen LogP contribution in [-0.4, -0.2) is 46.1 Å². The zero-order valence-electron chi connectivity index (χ0n) is 29.3. The maximum Gasteiger partial charge on any atom is 0.260 e. The summed E-state index contributed by atoms with van der Waals surface area (Å²) in [4.78, 5) is 71.9. The number of amides is 4. The lowest BCUT2D eigenvalue weighted by molar-refractivity contribution is -0.138. The van der Waals surface area contributed by atoms with Gasteiger partial charge in [0.2, 0.25) is 11.8 Å². The number of ketones is 1. The van der Waals surface area contributed by atoms with Gasteiger partial charge in [-0.25, -0.2) is 4.39 Å². The largest absolute Gasteiger partial charge is 0.504 e. The molecule has 12 heteroatoms. The summed E-state index contributed by atoms with van der Waals surface area (Å²) >= 11 is 6.36.